The third-order valence-corrected chi connectivity index (χ3v) is 6.81. The van der Waals surface area contributed by atoms with Gasteiger partial charge in [0.2, 0.25) is 25.0 Å². The molecule has 2 fully saturated rings. The first-order valence-corrected chi connectivity index (χ1v) is 12.6. The van der Waals surface area contributed by atoms with E-state index < -0.39 is 12.2 Å². The Labute approximate surface area is 228 Å². The Morgan fingerprint density at radius 2 is 1.82 bits per heavy atom. The molecule has 0 saturated carbocycles. The van der Waals surface area contributed by atoms with Crippen molar-refractivity contribution < 1.29 is 28.6 Å². The molecule has 1 unspecified atom stereocenters. The zero-order valence-electron chi connectivity index (χ0n) is 22.8. The summed E-state index contributed by atoms with van der Waals surface area (Å²) in [6.07, 6.45) is 0.117. The number of benzene rings is 2. The number of fused-ring (bicyclic) bond motifs is 2. The summed E-state index contributed by atoms with van der Waals surface area (Å²) in [5, 5.41) is 6.11. The second-order valence-electron chi connectivity index (χ2n) is 9.62. The van der Waals surface area contributed by atoms with Crippen molar-refractivity contribution in [1.82, 2.24) is 25.1 Å². The molecule has 2 atom stereocenters. The molecule has 0 spiro atoms. The molecule has 208 valence electrons. The number of carbonyl (C=O) groups is 3. The number of amides is 3. The lowest BCUT2D eigenvalue weighted by molar-refractivity contribution is -0.194. The molecule has 2 aromatic carbocycles. The standard InChI is InChI=1S/C19H22N4O5.C9H13NO/c1-12(2)18-19(26)21(7-13-4-5-14-15(6-13)28-11-27-14)8-16-22(10-24)20(3)9-17(25)23(16)18;1-10-7-8-3-5-9(11-2)6-4-8/h4-6,10,16,18H,1,7-9,11H2,2-3H3;3-6,10H,7H2,1-2H3/t16?,18-;/m0./s1. The fourth-order valence-corrected chi connectivity index (χ4v) is 4.90. The lowest BCUT2D eigenvalue weighted by atomic mass is 10.0. The number of hydrazine groups is 1. The second kappa shape index (κ2) is 12.2. The Balaban J connectivity index is 0.000000270. The van der Waals surface area contributed by atoms with Crippen molar-refractivity contribution in [3.05, 3.63) is 65.7 Å². The van der Waals surface area contributed by atoms with Crippen LogP contribution in [0.2, 0.25) is 0 Å². The molecule has 2 saturated heterocycles. The molecule has 0 radical (unpaired) electrons. The van der Waals surface area contributed by atoms with Crippen molar-refractivity contribution in [2.24, 2.45) is 0 Å². The van der Waals surface area contributed by atoms with Crippen LogP contribution in [0.3, 0.4) is 0 Å². The summed E-state index contributed by atoms with van der Waals surface area (Å²) < 4.78 is 15.8. The van der Waals surface area contributed by atoms with E-state index in [9.17, 15) is 14.4 Å². The van der Waals surface area contributed by atoms with Gasteiger partial charge in [0.15, 0.2) is 11.5 Å². The summed E-state index contributed by atoms with van der Waals surface area (Å²) in [4.78, 5) is 40.6. The number of hydrogen-bond donors (Lipinski definition) is 1. The molecule has 39 heavy (non-hydrogen) atoms. The quantitative estimate of drug-likeness (QED) is 0.420. The number of hydrogen-bond acceptors (Lipinski definition) is 8. The van der Waals surface area contributed by atoms with Gasteiger partial charge in [-0.05, 0) is 54.9 Å². The van der Waals surface area contributed by atoms with Gasteiger partial charge in [-0.25, -0.2) is 5.01 Å². The third-order valence-electron chi connectivity index (χ3n) is 6.81. The van der Waals surface area contributed by atoms with E-state index in [0.717, 1.165) is 17.9 Å². The Morgan fingerprint density at radius 3 is 2.46 bits per heavy atom. The van der Waals surface area contributed by atoms with E-state index in [0.29, 0.717) is 30.0 Å². The average molecular weight is 538 g/mol. The minimum atomic E-state index is -0.795. The number of nitrogens with zero attached hydrogens (tertiary/aromatic N) is 4. The van der Waals surface area contributed by atoms with Gasteiger partial charge in [0.05, 0.1) is 20.2 Å². The molecule has 1 N–H and O–H groups in total. The highest BCUT2D eigenvalue weighted by molar-refractivity contribution is 5.92. The van der Waals surface area contributed by atoms with Crippen molar-refractivity contribution in [3.8, 4) is 17.2 Å². The van der Waals surface area contributed by atoms with Crippen LogP contribution < -0.4 is 19.5 Å². The Kier molecular flexibility index (Phi) is 8.72. The summed E-state index contributed by atoms with van der Waals surface area (Å²) in [7, 11) is 5.29. The number of nitrogens with one attached hydrogen (secondary N) is 1. The SMILES string of the molecule is C=C(C)[C@H]1C(=O)N(Cc2ccc3c(c2)OCO3)CC2N1C(=O)CN(C)N2C=O.CNCc1ccc(OC)cc1. The van der Waals surface area contributed by atoms with Crippen LogP contribution >= 0.6 is 0 Å². The largest absolute Gasteiger partial charge is 0.497 e. The molecule has 0 aromatic heterocycles. The van der Waals surface area contributed by atoms with Crippen LogP contribution in [0.4, 0.5) is 0 Å². The van der Waals surface area contributed by atoms with Gasteiger partial charge in [0.1, 0.15) is 18.0 Å². The van der Waals surface area contributed by atoms with Gasteiger partial charge in [-0.2, -0.15) is 0 Å². The van der Waals surface area contributed by atoms with Crippen LogP contribution in [0.1, 0.15) is 18.1 Å². The van der Waals surface area contributed by atoms with Crippen molar-refractivity contribution in [3.63, 3.8) is 0 Å². The molecule has 0 aliphatic carbocycles. The molecular formula is C28H35N5O6. The van der Waals surface area contributed by atoms with Gasteiger partial charge in [-0.3, -0.25) is 19.4 Å². The normalized spacial score (nSPS) is 20.3. The van der Waals surface area contributed by atoms with Crippen molar-refractivity contribution in [2.45, 2.75) is 32.2 Å². The predicted octanol–water partition coefficient (Wildman–Crippen LogP) is 1.59. The first-order chi connectivity index (χ1) is 18.8. The smallest absolute Gasteiger partial charge is 0.250 e. The Bertz CT molecular complexity index is 1220. The van der Waals surface area contributed by atoms with Crippen LogP contribution in [0, 0.1) is 0 Å². The van der Waals surface area contributed by atoms with E-state index in [1.165, 1.54) is 15.5 Å². The monoisotopic (exact) mass is 537 g/mol. The van der Waals surface area contributed by atoms with Gasteiger partial charge in [0, 0.05) is 20.1 Å². The number of likely N-dealkylation sites (N-methyl/N-ethyl adjacent to an activating group) is 1. The lowest BCUT2D eigenvalue weighted by Crippen LogP contribution is -2.74. The molecule has 5 rings (SSSR count). The number of carbonyl (C=O) groups excluding carboxylic acids is 3. The Morgan fingerprint density at radius 1 is 1.13 bits per heavy atom. The van der Waals surface area contributed by atoms with E-state index in [1.807, 2.05) is 37.4 Å². The molecule has 2 aromatic rings. The summed E-state index contributed by atoms with van der Waals surface area (Å²) in [5.41, 5.74) is 2.71. The maximum Gasteiger partial charge on any atom is 0.250 e. The van der Waals surface area contributed by atoms with E-state index in [4.69, 9.17) is 14.2 Å². The minimum absolute atomic E-state index is 0.0362. The van der Waals surface area contributed by atoms with Crippen LogP contribution in [-0.2, 0) is 27.5 Å². The maximum atomic E-state index is 13.2. The first kappa shape index (κ1) is 27.9. The van der Waals surface area contributed by atoms with E-state index >= 15 is 0 Å². The summed E-state index contributed by atoms with van der Waals surface area (Å²) >= 11 is 0. The molecule has 11 heteroatoms. The highest BCUT2D eigenvalue weighted by Crippen LogP contribution is 2.34. The molecular weight excluding hydrogens is 502 g/mol. The third kappa shape index (κ3) is 5.99. The molecule has 0 bridgehead atoms. The number of methoxy groups -OCH3 is 1. The van der Waals surface area contributed by atoms with E-state index in [2.05, 4.69) is 24.0 Å². The summed E-state index contributed by atoms with van der Waals surface area (Å²) in [6.45, 7) is 7.30. The zero-order valence-corrected chi connectivity index (χ0v) is 22.8. The van der Waals surface area contributed by atoms with Crippen molar-refractivity contribution in [1.29, 1.82) is 0 Å². The van der Waals surface area contributed by atoms with Crippen LogP contribution in [0.25, 0.3) is 0 Å². The lowest BCUT2D eigenvalue weighted by Gasteiger charge is -2.53. The zero-order chi connectivity index (χ0) is 28.1. The number of piperazine rings is 1. The van der Waals surface area contributed by atoms with E-state index in [1.54, 1.807) is 31.0 Å². The number of ether oxygens (including phenoxy) is 3. The fourth-order valence-electron chi connectivity index (χ4n) is 4.90. The van der Waals surface area contributed by atoms with Gasteiger partial charge in [0.25, 0.3) is 0 Å². The minimum Gasteiger partial charge on any atom is -0.497 e. The van der Waals surface area contributed by atoms with Crippen LogP contribution in [-0.4, -0.2) is 91.3 Å². The molecule has 3 aliphatic heterocycles. The highest BCUT2D eigenvalue weighted by atomic mass is 16.7. The van der Waals surface area contributed by atoms with Crippen LogP contribution in [0.15, 0.2) is 54.6 Å². The first-order valence-electron chi connectivity index (χ1n) is 12.6. The van der Waals surface area contributed by atoms with Crippen molar-refractivity contribution >= 4 is 18.2 Å². The second-order valence-corrected chi connectivity index (χ2v) is 9.62. The summed E-state index contributed by atoms with van der Waals surface area (Å²) in [5.74, 6) is 1.82. The Hall–Kier alpha value is -4.09. The van der Waals surface area contributed by atoms with Gasteiger partial charge < -0.3 is 29.3 Å². The number of rotatable bonds is 7. The van der Waals surface area contributed by atoms with E-state index in [-0.39, 0.29) is 31.7 Å². The summed E-state index contributed by atoms with van der Waals surface area (Å²) in [6, 6.07) is 12.8. The topological polar surface area (TPSA) is 104 Å². The maximum absolute atomic E-state index is 13.2. The molecule has 3 amide bonds. The fraction of sp³-hybridized carbons (Fsp3) is 0.393. The predicted molar refractivity (Wildman–Crippen MR) is 144 cm³/mol. The van der Waals surface area contributed by atoms with Gasteiger partial charge in [-0.15, -0.1) is 0 Å². The average Bonchev–Trinajstić information content (AvgIpc) is 3.38. The van der Waals surface area contributed by atoms with Crippen LogP contribution in [0.5, 0.6) is 17.2 Å². The van der Waals surface area contributed by atoms with Gasteiger partial charge in [-0.1, -0.05) is 24.8 Å². The molecule has 3 aliphatic rings. The highest BCUT2D eigenvalue weighted by Gasteiger charge is 2.49. The molecule has 3 heterocycles. The molecule has 11 nitrogen and oxygen atoms in total. The van der Waals surface area contributed by atoms with Crippen molar-refractivity contribution in [2.75, 3.05) is 41.1 Å². The van der Waals surface area contributed by atoms with Gasteiger partial charge >= 0.3 is 0 Å².